The van der Waals surface area contributed by atoms with E-state index in [1.807, 2.05) is 21.1 Å². The highest BCUT2D eigenvalue weighted by atomic mass is 19.5. The third kappa shape index (κ3) is 5.95. The van der Waals surface area contributed by atoms with Crippen LogP contribution < -0.4 is 10.9 Å². The Morgan fingerprint density at radius 2 is 1.75 bits per heavy atom. The topological polar surface area (TPSA) is 71.1 Å². The summed E-state index contributed by atoms with van der Waals surface area (Å²) in [5, 5.41) is 11.1. The van der Waals surface area contributed by atoms with Gasteiger partial charge in [0.1, 0.15) is 5.52 Å². The van der Waals surface area contributed by atoms with Gasteiger partial charge in [0, 0.05) is 16.8 Å². The molecule has 0 atom stereocenters. The Labute approximate surface area is 134 Å². The monoisotopic (exact) mass is 350 g/mol. The molecule has 1 N–H and O–H groups in total. The van der Waals surface area contributed by atoms with Gasteiger partial charge in [-0.2, -0.15) is 4.48 Å². The first-order chi connectivity index (χ1) is 10.9. The number of nitrogens with zero attached hydrogens (tertiary/aromatic N) is 4. The lowest BCUT2D eigenvalue weighted by atomic mass is 10.2. The van der Waals surface area contributed by atoms with Gasteiger partial charge in [0.05, 0.1) is 26.5 Å². The Balaban J connectivity index is 0.000000505. The second-order valence-electron chi connectivity index (χ2n) is 5.44. The first-order valence-corrected chi connectivity index (χ1v) is 6.70. The van der Waals surface area contributed by atoms with Gasteiger partial charge in [-0.1, -0.05) is 12.1 Å². The Morgan fingerprint density at radius 1 is 1.21 bits per heavy atom. The van der Waals surface area contributed by atoms with Gasteiger partial charge in [0.25, 0.3) is 0 Å². The molecule has 2 aromatic rings. The van der Waals surface area contributed by atoms with Gasteiger partial charge in [-0.05, 0) is 12.1 Å². The van der Waals surface area contributed by atoms with Crippen molar-refractivity contribution in [3.8, 4) is 0 Å². The molecule has 1 heterocycles. The van der Waals surface area contributed by atoms with Crippen LogP contribution in [0.5, 0.6) is 0 Å². The van der Waals surface area contributed by atoms with E-state index in [0.29, 0.717) is 21.4 Å². The van der Waals surface area contributed by atoms with E-state index in [1.165, 1.54) is 0 Å². The van der Waals surface area contributed by atoms with Crippen molar-refractivity contribution >= 4 is 24.2 Å². The number of hydrogen-bond donors (Lipinski definition) is 1. The number of halogens is 4. The maximum Gasteiger partial charge on any atom is 0.673 e. The summed E-state index contributed by atoms with van der Waals surface area (Å²) in [4.78, 5) is 13.1. The zero-order chi connectivity index (χ0) is 18.5. The molecule has 1 aromatic heterocycles. The smallest absolute Gasteiger partial charge is 0.418 e. The minimum Gasteiger partial charge on any atom is -0.418 e. The maximum atomic E-state index is 12.2. The molecule has 24 heavy (non-hydrogen) atoms. The minimum absolute atomic E-state index is 0.341. The van der Waals surface area contributed by atoms with E-state index in [2.05, 4.69) is 15.6 Å². The van der Waals surface area contributed by atoms with Gasteiger partial charge in [0.2, 0.25) is 0 Å². The highest BCUT2D eigenvalue weighted by Gasteiger charge is 2.32. The van der Waals surface area contributed by atoms with E-state index in [-0.39, 0.29) is 5.56 Å². The molecular weight excluding hydrogens is 333 g/mol. The molecule has 12 heteroatoms. The Hall–Kier alpha value is -2.50. The van der Waals surface area contributed by atoms with Gasteiger partial charge < -0.3 is 17.3 Å². The van der Waals surface area contributed by atoms with Crippen LogP contribution in [-0.2, 0) is 0 Å². The molecule has 2 rings (SSSR count). The van der Waals surface area contributed by atoms with Gasteiger partial charge in [-0.15, -0.1) is 5.10 Å². The summed E-state index contributed by atoms with van der Waals surface area (Å²) in [7, 11) is 1.44. The van der Waals surface area contributed by atoms with Crippen LogP contribution in [0, 0.1) is 0 Å². The van der Waals surface area contributed by atoms with Crippen molar-refractivity contribution in [2.75, 3.05) is 28.2 Å². The van der Waals surface area contributed by atoms with Crippen LogP contribution in [0.1, 0.15) is 0 Å². The first kappa shape index (κ1) is 19.6. The summed E-state index contributed by atoms with van der Waals surface area (Å²) in [6.45, 7) is 0. The van der Waals surface area contributed by atoms with Crippen molar-refractivity contribution in [2.45, 2.75) is 0 Å². The number of hydrogen-bond acceptors (Lipinski definition) is 3. The predicted molar refractivity (Wildman–Crippen MR) is 81.9 cm³/mol. The summed E-state index contributed by atoms with van der Waals surface area (Å²) in [6, 6.07) is 7.48. The molecule has 2 amide bonds. The molecule has 7 nitrogen and oxygen atoms in total. The van der Waals surface area contributed by atoms with Gasteiger partial charge >= 0.3 is 18.8 Å². The lowest BCUT2D eigenvalue weighted by Crippen LogP contribution is -2.48. The van der Waals surface area contributed by atoms with Crippen molar-refractivity contribution in [2.24, 2.45) is 0 Å². The molecule has 0 saturated heterocycles. The van der Waals surface area contributed by atoms with Crippen LogP contribution in [0.2, 0.25) is 0 Å². The van der Waals surface area contributed by atoms with Gasteiger partial charge in [0.15, 0.2) is 4.85 Å². The van der Waals surface area contributed by atoms with Crippen LogP contribution >= 0.6 is 0 Å². The fourth-order valence-electron chi connectivity index (χ4n) is 1.62. The SMILES string of the molecule is CNC(=[O+]n1nnc2ccccc2c1=O)[N+](C)(C)C.F[B-](F)(F)F. The highest BCUT2D eigenvalue weighted by Crippen LogP contribution is 2.06. The number of amides is 2. The van der Waals surface area contributed by atoms with E-state index >= 15 is 0 Å². The van der Waals surface area contributed by atoms with Crippen molar-refractivity contribution in [3.63, 3.8) is 0 Å². The molecule has 0 fully saturated rings. The Bertz CT molecular complexity index is 779. The molecule has 0 unspecified atom stereocenters. The molecule has 0 bridgehead atoms. The number of rotatable bonds is 1. The van der Waals surface area contributed by atoms with Crippen molar-refractivity contribution in [1.82, 2.24) is 20.5 Å². The van der Waals surface area contributed by atoms with Crippen LogP contribution in [0.15, 0.2) is 29.1 Å². The largest absolute Gasteiger partial charge is 0.673 e. The second-order valence-corrected chi connectivity index (χ2v) is 5.44. The lowest BCUT2D eigenvalue weighted by molar-refractivity contribution is -0.793. The average molecular weight is 350 g/mol. The summed E-state index contributed by atoms with van der Waals surface area (Å²) < 4.78 is 44.9. The van der Waals surface area contributed by atoms with Crippen molar-refractivity contribution in [1.29, 1.82) is 0 Å². The van der Waals surface area contributed by atoms with Crippen LogP contribution in [0.25, 0.3) is 10.9 Å². The molecule has 1 aromatic carbocycles. The summed E-state index contributed by atoms with van der Waals surface area (Å²) >= 11 is 0. The zero-order valence-electron chi connectivity index (χ0n) is 13.5. The third-order valence-corrected chi connectivity index (χ3v) is 2.54. The number of urea groups is 1. The fraction of sp³-hybridized carbons (Fsp3) is 0.333. The number of nitrogens with one attached hydrogen (secondary N) is 1. The highest BCUT2D eigenvalue weighted by molar-refractivity contribution is 6.50. The minimum atomic E-state index is -6.00. The van der Waals surface area contributed by atoms with E-state index in [9.17, 15) is 22.1 Å². The summed E-state index contributed by atoms with van der Waals surface area (Å²) in [5.41, 5.74) is 0.204. The molecule has 0 saturated carbocycles. The first-order valence-electron chi connectivity index (χ1n) is 6.70. The quantitative estimate of drug-likeness (QED) is 0.366. The van der Waals surface area contributed by atoms with Crippen LogP contribution in [0.4, 0.5) is 21.8 Å². The molecule has 0 radical (unpaired) electrons. The Morgan fingerprint density at radius 3 is 2.25 bits per heavy atom. The van der Waals surface area contributed by atoms with E-state index in [0.717, 1.165) is 4.85 Å². The average Bonchev–Trinajstić information content (AvgIpc) is 2.44. The molecular formula is C12H17BF4N5O2+. The van der Waals surface area contributed by atoms with Gasteiger partial charge in [-0.25, -0.2) is 0 Å². The molecule has 132 valence electrons. The van der Waals surface area contributed by atoms with Crippen LogP contribution in [-0.4, -0.2) is 61.1 Å². The number of benzene rings is 1. The van der Waals surface area contributed by atoms with Crippen LogP contribution in [0.3, 0.4) is 0 Å². The zero-order valence-corrected chi connectivity index (χ0v) is 13.5. The number of fused-ring (bicyclic) bond motifs is 1. The fourth-order valence-corrected chi connectivity index (χ4v) is 1.62. The summed E-state index contributed by atoms with van der Waals surface area (Å²) in [6.07, 6.45) is 0. The maximum absolute atomic E-state index is 12.2. The lowest BCUT2D eigenvalue weighted by Gasteiger charge is -2.13. The standard InChI is InChI=1S/C12H17N5O2.BF4/c1-13-12(17(2,3)4)19-16-11(18)9-7-5-6-8-10(9)14-15-16;2-1(3,4)5/h5-8,13H,1-4H3;/q+2;-1. The molecule has 0 aliphatic heterocycles. The number of carbonyl (C=O) groups excluding carboxylic acids is 1. The third-order valence-electron chi connectivity index (χ3n) is 2.54. The number of aromatic nitrogens is 3. The number of quaternary nitrogens is 1. The second kappa shape index (κ2) is 7.38. The predicted octanol–water partition coefficient (Wildman–Crippen LogP) is 1.44. The van der Waals surface area contributed by atoms with Gasteiger partial charge in [-0.3, -0.25) is 10.1 Å². The Kier molecular flexibility index (Phi) is 6.01. The normalized spacial score (nSPS) is 12.6. The van der Waals surface area contributed by atoms with Crippen molar-refractivity contribution in [3.05, 3.63) is 34.6 Å². The molecule has 0 aliphatic carbocycles. The van der Waals surface area contributed by atoms with E-state index in [4.69, 9.17) is 4.53 Å². The van der Waals surface area contributed by atoms with E-state index < -0.39 is 7.25 Å². The summed E-state index contributed by atoms with van der Waals surface area (Å²) in [5.74, 6) is 0. The molecule has 0 spiro atoms. The van der Waals surface area contributed by atoms with Crippen molar-refractivity contribution < 1.29 is 26.3 Å². The molecule has 0 aliphatic rings. The van der Waals surface area contributed by atoms with E-state index in [1.54, 1.807) is 31.3 Å².